The van der Waals surface area contributed by atoms with Gasteiger partial charge in [0, 0.05) is 13.0 Å². The van der Waals surface area contributed by atoms with Crippen LogP contribution >= 0.6 is 7.82 Å². The van der Waals surface area contributed by atoms with Gasteiger partial charge in [-0.1, -0.05) is 141 Å². The van der Waals surface area contributed by atoms with Gasteiger partial charge in [-0.3, -0.25) is 13.8 Å². The highest BCUT2D eigenvalue weighted by Gasteiger charge is 2.41. The minimum Gasteiger partial charge on any atom is -0.463 e. The average molecular weight is 716 g/mol. The third kappa shape index (κ3) is 30.3. The van der Waals surface area contributed by atoms with Crippen LogP contribution < -0.4 is 5.73 Å². The third-order valence-corrected chi connectivity index (χ3v) is 9.72. The van der Waals surface area contributed by atoms with Crippen LogP contribution in [-0.4, -0.2) is 55.7 Å². The molecule has 0 aromatic carbocycles. The Bertz CT molecular complexity index is 870. The van der Waals surface area contributed by atoms with Crippen molar-refractivity contribution in [1.82, 2.24) is 0 Å². The van der Waals surface area contributed by atoms with E-state index in [0.717, 1.165) is 38.5 Å². The van der Waals surface area contributed by atoms with Crippen molar-refractivity contribution in [3.8, 4) is 0 Å². The van der Waals surface area contributed by atoms with Crippen LogP contribution in [0.5, 0.6) is 0 Å². The van der Waals surface area contributed by atoms with Crippen molar-refractivity contribution in [3.05, 3.63) is 24.3 Å². The zero-order valence-corrected chi connectivity index (χ0v) is 32.3. The lowest BCUT2D eigenvalue weighted by Gasteiger charge is -2.19. The van der Waals surface area contributed by atoms with Gasteiger partial charge in [0.2, 0.25) is 0 Å². The summed E-state index contributed by atoms with van der Waals surface area (Å²) in [5, 5.41) is 0. The Morgan fingerprint density at radius 1 is 0.714 bits per heavy atom. The van der Waals surface area contributed by atoms with Crippen LogP contribution in [0.25, 0.3) is 0 Å². The van der Waals surface area contributed by atoms with Gasteiger partial charge in [-0.05, 0) is 51.4 Å². The summed E-state index contributed by atoms with van der Waals surface area (Å²) in [6.45, 7) is 4.11. The Morgan fingerprint density at radius 2 is 1.20 bits per heavy atom. The van der Waals surface area contributed by atoms with Gasteiger partial charge >= 0.3 is 13.8 Å². The fourth-order valence-electron chi connectivity index (χ4n) is 5.61. The number of carbonyl (C=O) groups excluding carboxylic acids is 1. The molecule has 1 saturated heterocycles. The molecule has 0 radical (unpaired) electrons. The Kier molecular flexibility index (Phi) is 30.8. The molecule has 0 saturated carbocycles. The highest BCUT2D eigenvalue weighted by atomic mass is 31.2. The smallest absolute Gasteiger partial charge is 0.463 e. The minimum atomic E-state index is -4.29. The van der Waals surface area contributed by atoms with Crippen molar-refractivity contribution in [2.45, 2.75) is 193 Å². The number of carbonyl (C=O) groups is 1. The van der Waals surface area contributed by atoms with Crippen LogP contribution in [0.4, 0.5) is 0 Å². The number of hydrogen-bond acceptors (Lipinski definition) is 8. The lowest BCUT2D eigenvalue weighted by molar-refractivity contribution is -0.151. The summed E-state index contributed by atoms with van der Waals surface area (Å²) in [4.78, 5) is 22.3. The molecule has 1 heterocycles. The van der Waals surface area contributed by atoms with E-state index in [1.54, 1.807) is 0 Å². The first-order valence-corrected chi connectivity index (χ1v) is 21.5. The van der Waals surface area contributed by atoms with Crippen molar-refractivity contribution < 1.29 is 37.5 Å². The van der Waals surface area contributed by atoms with Gasteiger partial charge < -0.3 is 24.8 Å². The van der Waals surface area contributed by atoms with Crippen molar-refractivity contribution in [1.29, 1.82) is 0 Å². The van der Waals surface area contributed by atoms with E-state index in [2.05, 4.69) is 38.2 Å². The zero-order valence-electron chi connectivity index (χ0n) is 31.4. The Morgan fingerprint density at radius 3 is 1.73 bits per heavy atom. The van der Waals surface area contributed by atoms with E-state index in [0.29, 0.717) is 6.42 Å². The molecule has 9 nitrogen and oxygen atoms in total. The maximum Gasteiger partial charge on any atom is 0.472 e. The SMILES string of the molecule is CCCC/C=C/CCCCCCCCCCC(=O)OCC(COP(=O)(O)OCCN)O[C@H]1O[C@@H]1CCCCCCCCC/C=C/CCCC. The number of allylic oxidation sites excluding steroid dienone is 4. The summed E-state index contributed by atoms with van der Waals surface area (Å²) < 4.78 is 39.2. The van der Waals surface area contributed by atoms with Crippen LogP contribution in [-0.2, 0) is 32.6 Å². The second-order valence-corrected chi connectivity index (χ2v) is 15.0. The molecule has 1 fully saturated rings. The number of epoxide rings is 1. The Labute approximate surface area is 300 Å². The fraction of sp³-hybridized carbons (Fsp3) is 0.872. The monoisotopic (exact) mass is 716 g/mol. The maximum atomic E-state index is 12.4. The lowest BCUT2D eigenvalue weighted by atomic mass is 10.1. The van der Waals surface area contributed by atoms with Gasteiger partial charge in [-0.15, -0.1) is 0 Å². The normalized spacial score (nSPS) is 18.0. The summed E-state index contributed by atoms with van der Waals surface area (Å²) in [5.41, 5.74) is 5.37. The predicted octanol–water partition coefficient (Wildman–Crippen LogP) is 10.6. The van der Waals surface area contributed by atoms with Gasteiger partial charge in [0.25, 0.3) is 0 Å². The second-order valence-electron chi connectivity index (χ2n) is 13.5. The zero-order chi connectivity index (χ0) is 35.7. The van der Waals surface area contributed by atoms with Crippen LogP contribution in [0.1, 0.15) is 174 Å². The first-order chi connectivity index (χ1) is 23.9. The van der Waals surface area contributed by atoms with E-state index >= 15 is 0 Å². The van der Waals surface area contributed by atoms with Gasteiger partial charge in [0.05, 0.1) is 13.2 Å². The molecule has 49 heavy (non-hydrogen) atoms. The summed E-state index contributed by atoms with van der Waals surface area (Å²) in [6.07, 6.45) is 37.0. The number of unbranched alkanes of at least 4 members (excludes halogenated alkanes) is 19. The summed E-state index contributed by atoms with van der Waals surface area (Å²) >= 11 is 0. The van der Waals surface area contributed by atoms with Crippen molar-refractivity contribution >= 4 is 13.8 Å². The predicted molar refractivity (Wildman–Crippen MR) is 200 cm³/mol. The Balaban J connectivity index is 2.19. The van der Waals surface area contributed by atoms with Gasteiger partial charge in [0.1, 0.15) is 18.8 Å². The molecule has 1 aliphatic heterocycles. The summed E-state index contributed by atoms with van der Waals surface area (Å²) in [7, 11) is -4.29. The number of ether oxygens (including phenoxy) is 3. The van der Waals surface area contributed by atoms with E-state index < -0.39 is 20.2 Å². The highest BCUT2D eigenvalue weighted by molar-refractivity contribution is 7.47. The molecule has 1 rings (SSSR count). The van der Waals surface area contributed by atoms with Crippen molar-refractivity contribution in [2.75, 3.05) is 26.4 Å². The molecule has 0 bridgehead atoms. The van der Waals surface area contributed by atoms with E-state index in [1.807, 2.05) is 0 Å². The molecule has 10 heteroatoms. The average Bonchev–Trinajstić information content (AvgIpc) is 3.84. The topological polar surface area (TPSA) is 130 Å². The summed E-state index contributed by atoms with van der Waals surface area (Å²) in [5.74, 6) is -0.302. The standard InChI is InChI=1S/C39H74NO8P/c1-3-5-7-9-11-13-15-17-19-21-23-25-27-29-31-38(41)44-34-36(35-46-49(42,43)45-33-32-40)47-39-37(48-39)30-28-26-24-22-20-18-16-14-12-10-8-6-4-2/h9-12,36-37,39H,3-8,13-35,40H2,1-2H3,(H,42,43)/b11-9+,12-10+/t36?,37-,39+/m1/s1. The molecule has 0 aliphatic carbocycles. The fourth-order valence-corrected chi connectivity index (χ4v) is 6.37. The molecule has 0 amide bonds. The molecular weight excluding hydrogens is 641 g/mol. The number of phosphoric ester groups is 1. The molecule has 0 aromatic rings. The number of esters is 1. The van der Waals surface area contributed by atoms with Crippen LogP contribution in [0.2, 0.25) is 0 Å². The van der Waals surface area contributed by atoms with Crippen molar-refractivity contribution in [3.63, 3.8) is 0 Å². The number of phosphoric acid groups is 1. The Hall–Kier alpha value is -1.06. The third-order valence-electron chi connectivity index (χ3n) is 8.73. The lowest BCUT2D eigenvalue weighted by Crippen LogP contribution is -2.28. The molecular formula is C39H74NO8P. The van der Waals surface area contributed by atoms with E-state index in [9.17, 15) is 14.3 Å². The first kappa shape index (κ1) is 46.0. The van der Waals surface area contributed by atoms with E-state index in [1.165, 1.54) is 116 Å². The van der Waals surface area contributed by atoms with Crippen molar-refractivity contribution in [2.24, 2.45) is 5.73 Å². The van der Waals surface area contributed by atoms with Gasteiger partial charge in [0.15, 0.2) is 6.29 Å². The molecule has 0 spiro atoms. The molecule has 2 unspecified atom stereocenters. The number of nitrogens with two attached hydrogens (primary N) is 1. The van der Waals surface area contributed by atoms with Gasteiger partial charge in [-0.25, -0.2) is 4.57 Å². The highest BCUT2D eigenvalue weighted by Crippen LogP contribution is 2.43. The first-order valence-electron chi connectivity index (χ1n) is 20.0. The van der Waals surface area contributed by atoms with E-state index in [4.69, 9.17) is 29.0 Å². The number of hydrogen-bond donors (Lipinski definition) is 2. The molecule has 288 valence electrons. The van der Waals surface area contributed by atoms with Crippen LogP contribution in [0.15, 0.2) is 24.3 Å². The van der Waals surface area contributed by atoms with Crippen LogP contribution in [0, 0.1) is 0 Å². The maximum absolute atomic E-state index is 12.4. The van der Waals surface area contributed by atoms with E-state index in [-0.39, 0.29) is 38.4 Å². The molecule has 4 atom stereocenters. The second kappa shape index (κ2) is 32.8. The largest absolute Gasteiger partial charge is 0.472 e. The number of rotatable bonds is 37. The molecule has 0 aromatic heterocycles. The minimum absolute atomic E-state index is 0.0143. The van der Waals surface area contributed by atoms with Gasteiger partial charge in [-0.2, -0.15) is 0 Å². The molecule has 1 aliphatic rings. The molecule has 3 N–H and O–H groups in total. The van der Waals surface area contributed by atoms with Crippen LogP contribution in [0.3, 0.4) is 0 Å². The quantitative estimate of drug-likeness (QED) is 0.0212. The summed E-state index contributed by atoms with van der Waals surface area (Å²) in [6, 6.07) is 0.